The van der Waals surface area contributed by atoms with Gasteiger partial charge in [0.25, 0.3) is 0 Å². The highest BCUT2D eigenvalue weighted by Crippen LogP contribution is 2.48. The number of hydrogen-bond donors (Lipinski definition) is 1. The highest BCUT2D eigenvalue weighted by molar-refractivity contribution is 5.78. The van der Waals surface area contributed by atoms with E-state index in [9.17, 15) is 9.59 Å². The lowest BCUT2D eigenvalue weighted by atomic mass is 9.76. The van der Waals surface area contributed by atoms with Gasteiger partial charge in [0.2, 0.25) is 17.7 Å². The van der Waals surface area contributed by atoms with E-state index in [1.807, 2.05) is 18.7 Å². The molecule has 172 valence electrons. The van der Waals surface area contributed by atoms with Crippen LogP contribution in [0.15, 0.2) is 23.1 Å². The Hall–Kier alpha value is -2.88. The number of aromatic nitrogens is 4. The number of nitrogens with one attached hydrogen (secondary N) is 1. The van der Waals surface area contributed by atoms with Gasteiger partial charge >= 0.3 is 0 Å². The number of piperidine rings is 1. The largest absolute Gasteiger partial charge is 0.349 e. The molecule has 2 aromatic rings. The van der Waals surface area contributed by atoms with Crippen molar-refractivity contribution in [2.75, 3.05) is 26.2 Å². The molecule has 32 heavy (non-hydrogen) atoms. The van der Waals surface area contributed by atoms with Crippen LogP contribution < -0.4 is 5.32 Å². The first-order valence-corrected chi connectivity index (χ1v) is 11.2. The zero-order valence-electron chi connectivity index (χ0n) is 19.0. The highest BCUT2D eigenvalue weighted by Gasteiger charge is 2.48. The molecule has 1 N–H and O–H groups in total. The number of hydrogen-bond acceptors (Lipinski definition) is 8. The van der Waals surface area contributed by atoms with Crippen molar-refractivity contribution < 1.29 is 14.1 Å². The quantitative estimate of drug-likeness (QED) is 0.717. The predicted molar refractivity (Wildman–Crippen MR) is 115 cm³/mol. The summed E-state index contributed by atoms with van der Waals surface area (Å²) in [5.41, 5.74) is 0.747. The molecule has 1 unspecified atom stereocenters. The van der Waals surface area contributed by atoms with Gasteiger partial charge in [0.1, 0.15) is 0 Å². The van der Waals surface area contributed by atoms with E-state index < -0.39 is 0 Å². The fourth-order valence-corrected chi connectivity index (χ4v) is 4.78. The predicted octanol–water partition coefficient (Wildman–Crippen LogP) is 1.50. The standard InChI is InChI=1S/C22H31N7O3/c1-15(2)21(31)28-8-4-22(5-9-28)10-18(20-26-16(3)27-32-20)29(14-22)13-19(30)25-12-17-11-23-6-7-24-17/h6-7,11,15,18H,4-5,8-10,12-14H2,1-3H3,(H,25,30). The fraction of sp³-hybridized carbons (Fsp3) is 0.636. The highest BCUT2D eigenvalue weighted by atomic mass is 16.5. The van der Waals surface area contributed by atoms with Crippen LogP contribution in [0.5, 0.6) is 0 Å². The molecule has 0 radical (unpaired) electrons. The first-order valence-electron chi connectivity index (χ1n) is 11.2. The van der Waals surface area contributed by atoms with Gasteiger partial charge in [-0.25, -0.2) is 0 Å². The van der Waals surface area contributed by atoms with Gasteiger partial charge < -0.3 is 14.7 Å². The molecule has 4 heterocycles. The third kappa shape index (κ3) is 4.95. The maximum atomic E-state index is 12.7. The van der Waals surface area contributed by atoms with Crippen molar-refractivity contribution in [3.8, 4) is 0 Å². The SMILES string of the molecule is Cc1noc(C2CC3(CCN(C(=O)C(C)C)CC3)CN2CC(=O)NCc2cnccn2)n1. The summed E-state index contributed by atoms with van der Waals surface area (Å²) in [6, 6.07) is -0.106. The third-order valence-electron chi connectivity index (χ3n) is 6.49. The molecule has 2 aliphatic heterocycles. The first kappa shape index (κ1) is 22.3. The second-order valence-electron chi connectivity index (χ2n) is 9.26. The Balaban J connectivity index is 1.43. The molecule has 2 fully saturated rings. The Labute approximate surface area is 187 Å². The Bertz CT molecular complexity index is 938. The maximum Gasteiger partial charge on any atom is 0.244 e. The van der Waals surface area contributed by atoms with Gasteiger partial charge in [0.05, 0.1) is 31.0 Å². The van der Waals surface area contributed by atoms with Crippen LogP contribution in [0.3, 0.4) is 0 Å². The minimum atomic E-state index is -0.106. The van der Waals surface area contributed by atoms with E-state index in [0.717, 1.165) is 38.9 Å². The molecule has 2 aliphatic rings. The Kier molecular flexibility index (Phi) is 6.50. The Morgan fingerprint density at radius 3 is 2.69 bits per heavy atom. The lowest BCUT2D eigenvalue weighted by Crippen LogP contribution is -2.46. The van der Waals surface area contributed by atoms with Crippen LogP contribution in [0.1, 0.15) is 56.6 Å². The molecule has 10 nitrogen and oxygen atoms in total. The maximum absolute atomic E-state index is 12.7. The second-order valence-corrected chi connectivity index (χ2v) is 9.26. The summed E-state index contributed by atoms with van der Waals surface area (Å²) in [6.45, 7) is 8.52. The van der Waals surface area contributed by atoms with Crippen molar-refractivity contribution in [3.63, 3.8) is 0 Å². The molecule has 2 aromatic heterocycles. The third-order valence-corrected chi connectivity index (χ3v) is 6.49. The summed E-state index contributed by atoms with van der Waals surface area (Å²) < 4.78 is 5.50. The zero-order chi connectivity index (χ0) is 22.7. The molecule has 2 saturated heterocycles. The van der Waals surface area contributed by atoms with Gasteiger partial charge in [-0.3, -0.25) is 24.5 Å². The Morgan fingerprint density at radius 1 is 1.28 bits per heavy atom. The van der Waals surface area contributed by atoms with E-state index in [2.05, 4.69) is 30.3 Å². The van der Waals surface area contributed by atoms with E-state index in [0.29, 0.717) is 24.0 Å². The molecule has 2 amide bonds. The second kappa shape index (κ2) is 9.32. The molecular formula is C22H31N7O3. The zero-order valence-corrected chi connectivity index (χ0v) is 19.0. The normalized spacial score (nSPS) is 20.8. The van der Waals surface area contributed by atoms with Gasteiger partial charge in [0.15, 0.2) is 5.82 Å². The lowest BCUT2D eigenvalue weighted by molar-refractivity contribution is -0.136. The monoisotopic (exact) mass is 441 g/mol. The Morgan fingerprint density at radius 2 is 2.06 bits per heavy atom. The average Bonchev–Trinajstić information content (AvgIpc) is 3.36. The molecule has 1 atom stereocenters. The lowest BCUT2D eigenvalue weighted by Gasteiger charge is -2.40. The average molecular weight is 442 g/mol. The van der Waals surface area contributed by atoms with Gasteiger partial charge in [0, 0.05) is 37.9 Å². The van der Waals surface area contributed by atoms with Gasteiger partial charge in [-0.1, -0.05) is 19.0 Å². The number of carbonyl (C=O) groups excluding carboxylic acids is 2. The number of rotatable bonds is 6. The van der Waals surface area contributed by atoms with Crippen LogP contribution in [0, 0.1) is 18.3 Å². The molecule has 4 rings (SSSR count). The van der Waals surface area contributed by atoms with Crippen molar-refractivity contribution in [1.82, 2.24) is 35.2 Å². The van der Waals surface area contributed by atoms with Crippen LogP contribution in [0.2, 0.25) is 0 Å². The summed E-state index contributed by atoms with van der Waals surface area (Å²) in [4.78, 5) is 41.9. The summed E-state index contributed by atoms with van der Waals surface area (Å²) in [7, 11) is 0. The van der Waals surface area contributed by atoms with Crippen molar-refractivity contribution in [1.29, 1.82) is 0 Å². The van der Waals surface area contributed by atoms with Crippen molar-refractivity contribution >= 4 is 11.8 Å². The number of carbonyl (C=O) groups is 2. The molecule has 0 aromatic carbocycles. The topological polar surface area (TPSA) is 117 Å². The summed E-state index contributed by atoms with van der Waals surface area (Å²) in [6.07, 6.45) is 7.51. The van der Waals surface area contributed by atoms with E-state index in [1.54, 1.807) is 25.5 Å². The molecule has 10 heteroatoms. The van der Waals surface area contributed by atoms with E-state index in [4.69, 9.17) is 4.52 Å². The number of nitrogens with zero attached hydrogens (tertiary/aromatic N) is 6. The van der Waals surface area contributed by atoms with E-state index in [-0.39, 0.29) is 35.7 Å². The van der Waals surface area contributed by atoms with E-state index >= 15 is 0 Å². The van der Waals surface area contributed by atoms with Crippen LogP contribution >= 0.6 is 0 Å². The summed E-state index contributed by atoms with van der Waals surface area (Å²) in [5, 5.41) is 6.88. The van der Waals surface area contributed by atoms with Gasteiger partial charge in [-0.2, -0.15) is 4.98 Å². The van der Waals surface area contributed by atoms with Crippen molar-refractivity contribution in [2.24, 2.45) is 11.3 Å². The van der Waals surface area contributed by atoms with Crippen LogP contribution in [0.4, 0.5) is 0 Å². The summed E-state index contributed by atoms with van der Waals surface area (Å²) >= 11 is 0. The summed E-state index contributed by atoms with van der Waals surface area (Å²) in [5.74, 6) is 1.28. The molecule has 0 saturated carbocycles. The minimum absolute atomic E-state index is 0.0104. The smallest absolute Gasteiger partial charge is 0.244 e. The molecule has 0 aliphatic carbocycles. The van der Waals surface area contributed by atoms with Gasteiger partial charge in [-0.15, -0.1) is 0 Å². The van der Waals surface area contributed by atoms with Gasteiger partial charge in [-0.05, 0) is 31.6 Å². The fourth-order valence-electron chi connectivity index (χ4n) is 4.78. The first-order chi connectivity index (χ1) is 15.3. The molecule has 0 bridgehead atoms. The number of amides is 2. The number of aryl methyl sites for hydroxylation is 1. The van der Waals surface area contributed by atoms with Crippen molar-refractivity contribution in [3.05, 3.63) is 36.0 Å². The minimum Gasteiger partial charge on any atom is -0.349 e. The van der Waals surface area contributed by atoms with Crippen LogP contribution in [-0.2, 0) is 16.1 Å². The number of likely N-dealkylation sites (tertiary alicyclic amines) is 2. The van der Waals surface area contributed by atoms with Crippen molar-refractivity contribution in [2.45, 2.75) is 52.6 Å². The van der Waals surface area contributed by atoms with Crippen LogP contribution in [0.25, 0.3) is 0 Å². The van der Waals surface area contributed by atoms with E-state index in [1.165, 1.54) is 0 Å². The van der Waals surface area contributed by atoms with Crippen LogP contribution in [-0.4, -0.2) is 67.9 Å². The molecular weight excluding hydrogens is 410 g/mol. The molecule has 1 spiro atoms.